The van der Waals surface area contributed by atoms with Crippen molar-refractivity contribution < 1.29 is 18.3 Å². The third-order valence-electron chi connectivity index (χ3n) is 1.24. The number of rotatable bonds is 5. The van der Waals surface area contributed by atoms with Crippen LogP contribution >= 0.6 is 0 Å². The predicted molar refractivity (Wildman–Crippen MR) is 47.5 cm³/mol. The molecule has 78 valence electrons. The van der Waals surface area contributed by atoms with Crippen LogP contribution in [-0.2, 0) is 10.2 Å². The van der Waals surface area contributed by atoms with Crippen molar-refractivity contribution in [2.45, 2.75) is 20.3 Å². The first-order chi connectivity index (χ1) is 5.83. The van der Waals surface area contributed by atoms with Gasteiger partial charge in [0.15, 0.2) is 0 Å². The molecule has 7 heteroatoms. The molecule has 13 heavy (non-hydrogen) atoms. The van der Waals surface area contributed by atoms with Crippen LogP contribution in [0.2, 0.25) is 0 Å². The van der Waals surface area contributed by atoms with Gasteiger partial charge >= 0.3 is 16.3 Å². The van der Waals surface area contributed by atoms with Gasteiger partial charge in [0, 0.05) is 6.54 Å². The van der Waals surface area contributed by atoms with Crippen molar-refractivity contribution in [1.82, 2.24) is 9.44 Å². The summed E-state index contributed by atoms with van der Waals surface area (Å²) >= 11 is 0. The van der Waals surface area contributed by atoms with Crippen molar-refractivity contribution in [2.24, 2.45) is 5.92 Å². The topological polar surface area (TPSA) is 95.5 Å². The number of nitrogens with one attached hydrogen (secondary N) is 2. The highest BCUT2D eigenvalue weighted by Crippen LogP contribution is 1.96. The number of carbonyl (C=O) groups is 1. The van der Waals surface area contributed by atoms with E-state index in [1.807, 2.05) is 13.8 Å². The Labute approximate surface area is 77.5 Å². The lowest BCUT2D eigenvalue weighted by Crippen LogP contribution is -2.40. The van der Waals surface area contributed by atoms with E-state index >= 15 is 0 Å². The summed E-state index contributed by atoms with van der Waals surface area (Å²) in [5.74, 6) is 0.368. The van der Waals surface area contributed by atoms with Gasteiger partial charge in [-0.3, -0.25) is 0 Å². The molecule has 0 radical (unpaired) electrons. The summed E-state index contributed by atoms with van der Waals surface area (Å²) in [7, 11) is -3.88. The maximum atomic E-state index is 10.8. The summed E-state index contributed by atoms with van der Waals surface area (Å²) in [5, 5.41) is 8.13. The smallest absolute Gasteiger partial charge is 0.419 e. The van der Waals surface area contributed by atoms with Crippen LogP contribution in [0.3, 0.4) is 0 Å². The molecule has 0 atom stereocenters. The molecular formula is C6H14N2O4S. The zero-order valence-corrected chi connectivity index (χ0v) is 8.39. The Morgan fingerprint density at radius 3 is 2.38 bits per heavy atom. The molecule has 0 bridgehead atoms. The van der Waals surface area contributed by atoms with E-state index < -0.39 is 16.3 Å². The van der Waals surface area contributed by atoms with Crippen LogP contribution < -0.4 is 9.44 Å². The number of hydrogen-bond acceptors (Lipinski definition) is 3. The largest absolute Gasteiger partial charge is 0.464 e. The van der Waals surface area contributed by atoms with E-state index in [2.05, 4.69) is 4.72 Å². The highest BCUT2D eigenvalue weighted by Gasteiger charge is 2.11. The maximum absolute atomic E-state index is 10.8. The van der Waals surface area contributed by atoms with Crippen molar-refractivity contribution >= 4 is 16.3 Å². The van der Waals surface area contributed by atoms with Crippen LogP contribution in [0.4, 0.5) is 4.79 Å². The van der Waals surface area contributed by atoms with E-state index in [4.69, 9.17) is 5.11 Å². The van der Waals surface area contributed by atoms with Gasteiger partial charge in [-0.2, -0.15) is 13.1 Å². The van der Waals surface area contributed by atoms with Crippen molar-refractivity contribution in [2.75, 3.05) is 6.54 Å². The number of amides is 1. The molecule has 0 aromatic rings. The molecule has 0 aromatic heterocycles. The van der Waals surface area contributed by atoms with Crippen molar-refractivity contribution in [3.63, 3.8) is 0 Å². The van der Waals surface area contributed by atoms with Gasteiger partial charge in [-0.05, 0) is 12.3 Å². The van der Waals surface area contributed by atoms with E-state index in [1.165, 1.54) is 4.72 Å². The van der Waals surface area contributed by atoms with Gasteiger partial charge in [0.1, 0.15) is 0 Å². The Balaban J connectivity index is 3.84. The summed E-state index contributed by atoms with van der Waals surface area (Å²) in [6.07, 6.45) is -0.919. The lowest BCUT2D eigenvalue weighted by Gasteiger charge is -2.06. The highest BCUT2D eigenvalue weighted by molar-refractivity contribution is 7.88. The molecule has 1 amide bonds. The monoisotopic (exact) mass is 210 g/mol. The molecule has 0 heterocycles. The summed E-state index contributed by atoms with van der Waals surface area (Å²) in [6, 6.07) is 0. The first kappa shape index (κ1) is 12.2. The van der Waals surface area contributed by atoms with Crippen LogP contribution in [0.1, 0.15) is 20.3 Å². The summed E-state index contributed by atoms with van der Waals surface area (Å²) < 4.78 is 25.1. The zero-order valence-electron chi connectivity index (χ0n) is 7.57. The molecular weight excluding hydrogens is 196 g/mol. The van der Waals surface area contributed by atoms with Crippen molar-refractivity contribution in [3.8, 4) is 0 Å². The SMILES string of the molecule is CC(C)CCNS(=O)(=O)NC(=O)O. The highest BCUT2D eigenvalue weighted by atomic mass is 32.2. The molecule has 0 unspecified atom stereocenters. The fraction of sp³-hybridized carbons (Fsp3) is 0.833. The lowest BCUT2D eigenvalue weighted by atomic mass is 10.1. The quantitative estimate of drug-likeness (QED) is 0.601. The Hall–Kier alpha value is -0.820. The molecule has 0 aliphatic rings. The van der Waals surface area contributed by atoms with Gasteiger partial charge in [0.2, 0.25) is 0 Å². The van der Waals surface area contributed by atoms with Crippen LogP contribution in [-0.4, -0.2) is 26.2 Å². The molecule has 6 nitrogen and oxygen atoms in total. The van der Waals surface area contributed by atoms with Gasteiger partial charge in [-0.15, -0.1) is 0 Å². The first-order valence-corrected chi connectivity index (χ1v) is 5.32. The van der Waals surface area contributed by atoms with E-state index in [-0.39, 0.29) is 6.54 Å². The number of hydrogen-bond donors (Lipinski definition) is 3. The zero-order chi connectivity index (χ0) is 10.5. The molecule has 0 fully saturated rings. The minimum Gasteiger partial charge on any atom is -0.464 e. The third-order valence-corrected chi connectivity index (χ3v) is 2.26. The van der Waals surface area contributed by atoms with Crippen LogP contribution in [0.15, 0.2) is 0 Å². The fourth-order valence-electron chi connectivity index (χ4n) is 0.633. The predicted octanol–water partition coefficient (Wildman–Crippen LogP) is 0.135. The standard InChI is InChI=1S/C6H14N2O4S/c1-5(2)3-4-7-13(11,12)8-6(9)10/h5,7-8H,3-4H2,1-2H3,(H,9,10). The second-order valence-corrected chi connectivity index (χ2v) is 4.49. The van der Waals surface area contributed by atoms with Gasteiger partial charge in [0.25, 0.3) is 0 Å². The van der Waals surface area contributed by atoms with Crippen molar-refractivity contribution in [3.05, 3.63) is 0 Å². The molecule has 3 N–H and O–H groups in total. The van der Waals surface area contributed by atoms with Crippen LogP contribution in [0.25, 0.3) is 0 Å². The average molecular weight is 210 g/mol. The van der Waals surface area contributed by atoms with E-state index in [0.29, 0.717) is 12.3 Å². The molecule has 0 spiro atoms. The lowest BCUT2D eigenvalue weighted by molar-refractivity contribution is 0.201. The molecule has 0 aromatic carbocycles. The summed E-state index contributed by atoms with van der Waals surface area (Å²) in [4.78, 5) is 9.98. The van der Waals surface area contributed by atoms with Gasteiger partial charge in [-0.1, -0.05) is 13.8 Å². The number of carboxylic acid groups (broad SMARTS) is 1. The first-order valence-electron chi connectivity index (χ1n) is 3.84. The summed E-state index contributed by atoms with van der Waals surface area (Å²) in [5.41, 5.74) is 0. The van der Waals surface area contributed by atoms with Gasteiger partial charge in [0.05, 0.1) is 0 Å². The van der Waals surface area contributed by atoms with Gasteiger partial charge < -0.3 is 5.11 Å². The molecule has 0 aliphatic carbocycles. The second kappa shape index (κ2) is 5.03. The van der Waals surface area contributed by atoms with Crippen LogP contribution in [0, 0.1) is 5.92 Å². The Kier molecular flexibility index (Phi) is 4.71. The van der Waals surface area contributed by atoms with Crippen LogP contribution in [0.5, 0.6) is 0 Å². The average Bonchev–Trinajstić information content (AvgIpc) is 1.81. The van der Waals surface area contributed by atoms with Crippen molar-refractivity contribution in [1.29, 1.82) is 0 Å². The maximum Gasteiger partial charge on any atom is 0.419 e. The Bertz CT molecular complexity index is 260. The Morgan fingerprint density at radius 1 is 1.46 bits per heavy atom. The minimum atomic E-state index is -3.88. The molecule has 0 rings (SSSR count). The summed E-state index contributed by atoms with van der Waals surface area (Å²) in [6.45, 7) is 4.12. The van der Waals surface area contributed by atoms with E-state index in [9.17, 15) is 13.2 Å². The van der Waals surface area contributed by atoms with E-state index in [1.54, 1.807) is 0 Å². The second-order valence-electron chi connectivity index (χ2n) is 2.99. The fourth-order valence-corrected chi connectivity index (χ4v) is 1.32. The minimum absolute atomic E-state index is 0.236. The molecule has 0 saturated heterocycles. The normalized spacial score (nSPS) is 11.6. The Morgan fingerprint density at radius 2 is 2.00 bits per heavy atom. The molecule has 0 saturated carbocycles. The third kappa shape index (κ3) is 7.54. The van der Waals surface area contributed by atoms with Gasteiger partial charge in [-0.25, -0.2) is 9.52 Å². The van der Waals surface area contributed by atoms with E-state index in [0.717, 1.165) is 0 Å². The molecule has 0 aliphatic heterocycles.